The Balaban J connectivity index is 2.25. The van der Waals surface area contributed by atoms with Gasteiger partial charge >= 0.3 is 0 Å². The zero-order chi connectivity index (χ0) is 17.0. The number of aliphatic hydroxyl groups excluding tert-OH is 1. The number of hydrogen-bond acceptors (Lipinski definition) is 7. The lowest BCUT2D eigenvalue weighted by atomic mass is 9.93. The highest BCUT2D eigenvalue weighted by molar-refractivity contribution is 6.10. The van der Waals surface area contributed by atoms with Crippen molar-refractivity contribution in [2.75, 3.05) is 19.0 Å². The van der Waals surface area contributed by atoms with Crippen molar-refractivity contribution in [2.24, 2.45) is 0 Å². The van der Waals surface area contributed by atoms with Gasteiger partial charge in [0.25, 0.3) is 0 Å². The van der Waals surface area contributed by atoms with Crippen molar-refractivity contribution in [1.82, 2.24) is 5.32 Å². The number of phenolic OH excluding ortho intramolecular Hbond substituents is 1. The molecule has 1 aliphatic carbocycles. The van der Waals surface area contributed by atoms with Crippen LogP contribution in [0.3, 0.4) is 0 Å². The van der Waals surface area contributed by atoms with Crippen LogP contribution in [0.5, 0.6) is 5.75 Å². The van der Waals surface area contributed by atoms with Crippen LogP contribution in [0.15, 0.2) is 29.6 Å². The van der Waals surface area contributed by atoms with Gasteiger partial charge in [0.15, 0.2) is 12.4 Å². The van der Waals surface area contributed by atoms with Crippen LogP contribution in [0.1, 0.15) is 23.7 Å². The van der Waals surface area contributed by atoms with Gasteiger partial charge in [0, 0.05) is 13.2 Å². The summed E-state index contributed by atoms with van der Waals surface area (Å²) in [4.78, 5) is 22.7. The van der Waals surface area contributed by atoms with E-state index in [4.69, 9.17) is 4.74 Å². The molecule has 0 amide bonds. The van der Waals surface area contributed by atoms with Gasteiger partial charge in [-0.15, -0.1) is 0 Å². The Kier molecular flexibility index (Phi) is 5.36. The van der Waals surface area contributed by atoms with Crippen molar-refractivity contribution in [3.8, 4) is 5.75 Å². The highest BCUT2D eigenvalue weighted by Gasteiger charge is 2.39. The van der Waals surface area contributed by atoms with Gasteiger partial charge in [-0.3, -0.25) is 9.59 Å². The maximum absolute atomic E-state index is 11.9. The molecular formula is C16H20N2O5. The molecule has 0 heterocycles. The Morgan fingerprint density at radius 1 is 1.43 bits per heavy atom. The summed E-state index contributed by atoms with van der Waals surface area (Å²) in [6.45, 7) is 2.39. The van der Waals surface area contributed by atoms with Crippen LogP contribution >= 0.6 is 0 Å². The molecule has 2 rings (SSSR count). The quantitative estimate of drug-likeness (QED) is 0.414. The maximum Gasteiger partial charge on any atom is 0.215 e. The van der Waals surface area contributed by atoms with Crippen LogP contribution in [-0.4, -0.2) is 48.1 Å². The molecule has 23 heavy (non-hydrogen) atoms. The Morgan fingerprint density at radius 2 is 2.17 bits per heavy atom. The largest absolute Gasteiger partial charge is 0.505 e. The number of para-hydroxylation sites is 1. The molecule has 0 saturated heterocycles. The lowest BCUT2D eigenvalue weighted by Gasteiger charge is -2.32. The van der Waals surface area contributed by atoms with Crippen molar-refractivity contribution in [3.05, 3.63) is 35.2 Å². The number of ketones is 1. The molecular weight excluding hydrogens is 300 g/mol. The number of phenols is 1. The number of carbonyl (C=O) groups is 2. The van der Waals surface area contributed by atoms with Crippen molar-refractivity contribution in [1.29, 1.82) is 0 Å². The van der Waals surface area contributed by atoms with Crippen LogP contribution in [-0.2, 0) is 9.53 Å². The number of Topliss-reactive ketones (excluding diaryl/α,β-unsaturated/α-hetero) is 1. The molecule has 0 bridgehead atoms. The number of rotatable bonds is 8. The van der Waals surface area contributed by atoms with E-state index in [0.29, 0.717) is 18.6 Å². The van der Waals surface area contributed by atoms with E-state index in [0.717, 1.165) is 6.42 Å². The molecule has 0 fully saturated rings. The molecule has 0 aromatic heterocycles. The molecule has 1 aromatic carbocycles. The number of benzene rings is 1. The first kappa shape index (κ1) is 17.0. The van der Waals surface area contributed by atoms with Crippen LogP contribution in [0.4, 0.5) is 5.69 Å². The summed E-state index contributed by atoms with van der Waals surface area (Å²) in [6, 6.07) is 4.53. The molecule has 0 aliphatic heterocycles. The fraction of sp³-hybridized carbons (Fsp3) is 0.375. The van der Waals surface area contributed by atoms with Gasteiger partial charge in [0.1, 0.15) is 11.4 Å². The fourth-order valence-electron chi connectivity index (χ4n) is 2.31. The number of methoxy groups -OCH3 is 1. The van der Waals surface area contributed by atoms with Gasteiger partial charge in [-0.05, 0) is 18.6 Å². The van der Waals surface area contributed by atoms with Gasteiger partial charge in [-0.2, -0.15) is 0 Å². The van der Waals surface area contributed by atoms with E-state index >= 15 is 0 Å². The number of aliphatic hydroxyl groups is 1. The number of carbonyl (C=O) groups excluding carboxylic acids is 2. The van der Waals surface area contributed by atoms with E-state index in [1.807, 2.05) is 6.92 Å². The summed E-state index contributed by atoms with van der Waals surface area (Å²) >= 11 is 0. The highest BCUT2D eigenvalue weighted by Crippen LogP contribution is 2.31. The monoisotopic (exact) mass is 320 g/mol. The van der Waals surface area contributed by atoms with E-state index in [1.54, 1.807) is 13.2 Å². The lowest BCUT2D eigenvalue weighted by Crippen LogP contribution is -2.49. The van der Waals surface area contributed by atoms with Crippen LogP contribution < -0.4 is 10.6 Å². The van der Waals surface area contributed by atoms with E-state index in [9.17, 15) is 19.8 Å². The maximum atomic E-state index is 11.9. The third kappa shape index (κ3) is 3.35. The van der Waals surface area contributed by atoms with Crippen LogP contribution in [0, 0.1) is 0 Å². The number of hydrogen-bond donors (Lipinski definition) is 4. The molecule has 4 N–H and O–H groups in total. The second kappa shape index (κ2) is 7.26. The van der Waals surface area contributed by atoms with Crippen molar-refractivity contribution in [3.63, 3.8) is 0 Å². The molecule has 1 aromatic rings. The number of ether oxygens (including phenoxy) is 1. The van der Waals surface area contributed by atoms with Gasteiger partial charge < -0.3 is 25.6 Å². The number of anilines is 1. The lowest BCUT2D eigenvalue weighted by molar-refractivity contribution is -0.124. The summed E-state index contributed by atoms with van der Waals surface area (Å²) in [5.74, 6) is -0.719. The average molecular weight is 320 g/mol. The third-order valence-electron chi connectivity index (χ3n) is 3.71. The summed E-state index contributed by atoms with van der Waals surface area (Å²) in [6.07, 6.45) is 0.0500. The first-order chi connectivity index (χ1) is 11.0. The normalized spacial score (nSPS) is 18.4. The second-order valence-electron chi connectivity index (χ2n) is 5.25. The zero-order valence-electron chi connectivity index (χ0n) is 13.0. The van der Waals surface area contributed by atoms with Crippen molar-refractivity contribution < 1.29 is 24.5 Å². The SMILES string of the molecule is CC[C@@H](COC)NC1=C(Nc2cccc(C=O)c2O)C(=O)C1O. The molecule has 0 radical (unpaired) electrons. The summed E-state index contributed by atoms with van der Waals surface area (Å²) < 4.78 is 5.08. The molecule has 2 atom stereocenters. The fourth-order valence-corrected chi connectivity index (χ4v) is 2.31. The van der Waals surface area contributed by atoms with E-state index < -0.39 is 11.9 Å². The topological polar surface area (TPSA) is 108 Å². The van der Waals surface area contributed by atoms with Crippen LogP contribution in [0.25, 0.3) is 0 Å². The molecule has 0 saturated carbocycles. The molecule has 0 spiro atoms. The minimum Gasteiger partial charge on any atom is -0.505 e. The van der Waals surface area contributed by atoms with E-state index in [1.165, 1.54) is 12.1 Å². The van der Waals surface area contributed by atoms with Crippen LogP contribution in [0.2, 0.25) is 0 Å². The number of aromatic hydroxyl groups is 1. The smallest absolute Gasteiger partial charge is 0.215 e. The Bertz CT molecular complexity index is 641. The minimum atomic E-state index is -1.22. The van der Waals surface area contributed by atoms with E-state index in [2.05, 4.69) is 10.6 Å². The average Bonchev–Trinajstić information content (AvgIpc) is 2.57. The first-order valence-electron chi connectivity index (χ1n) is 7.29. The summed E-state index contributed by atoms with van der Waals surface area (Å²) in [7, 11) is 1.57. The molecule has 7 nitrogen and oxygen atoms in total. The predicted molar refractivity (Wildman–Crippen MR) is 84.2 cm³/mol. The highest BCUT2D eigenvalue weighted by atomic mass is 16.5. The zero-order valence-corrected chi connectivity index (χ0v) is 13.0. The summed E-state index contributed by atoms with van der Waals surface area (Å²) in [5.41, 5.74) is 0.868. The van der Waals surface area contributed by atoms with Gasteiger partial charge in [-0.1, -0.05) is 13.0 Å². The number of nitrogens with one attached hydrogen (secondary N) is 2. The molecule has 7 heteroatoms. The predicted octanol–water partition coefficient (Wildman–Crippen LogP) is 0.786. The Morgan fingerprint density at radius 3 is 2.78 bits per heavy atom. The van der Waals surface area contributed by atoms with Crippen molar-refractivity contribution in [2.45, 2.75) is 25.5 Å². The van der Waals surface area contributed by atoms with Gasteiger partial charge in [-0.25, -0.2) is 0 Å². The standard InChI is InChI=1S/C16H20N2O5/c1-3-10(8-23-2)17-12-13(16(22)15(12)21)18-11-6-4-5-9(7-19)14(11)20/h4-7,10,15,17-18,20-21H,3,8H2,1-2H3/t10-,15?/m0/s1. The third-order valence-corrected chi connectivity index (χ3v) is 3.71. The van der Waals surface area contributed by atoms with Gasteiger partial charge in [0.2, 0.25) is 5.78 Å². The minimum absolute atomic E-state index is 0.0514. The van der Waals surface area contributed by atoms with E-state index in [-0.39, 0.29) is 28.7 Å². The summed E-state index contributed by atoms with van der Waals surface area (Å²) in [5, 5.41) is 25.7. The molecule has 124 valence electrons. The Hall–Kier alpha value is -2.38. The second-order valence-corrected chi connectivity index (χ2v) is 5.25. The number of aldehydes is 1. The molecule has 1 unspecified atom stereocenters. The van der Waals surface area contributed by atoms with Crippen molar-refractivity contribution >= 4 is 17.8 Å². The molecule has 1 aliphatic rings. The van der Waals surface area contributed by atoms with Gasteiger partial charge in [0.05, 0.1) is 23.6 Å². The first-order valence-corrected chi connectivity index (χ1v) is 7.29. The Labute approximate surface area is 134 Å².